The van der Waals surface area contributed by atoms with E-state index in [4.69, 9.17) is 5.84 Å². The highest BCUT2D eigenvalue weighted by Gasteiger charge is 2.09. The van der Waals surface area contributed by atoms with Gasteiger partial charge in [-0.3, -0.25) is 4.79 Å². The van der Waals surface area contributed by atoms with Gasteiger partial charge in [-0.15, -0.1) is 0 Å². The van der Waals surface area contributed by atoms with Crippen molar-refractivity contribution in [3.8, 4) is 0 Å². The lowest BCUT2D eigenvalue weighted by Crippen LogP contribution is -2.15. The zero-order valence-electron chi connectivity index (χ0n) is 10.1. The predicted octanol–water partition coefficient (Wildman–Crippen LogP) is 1.46. The van der Waals surface area contributed by atoms with Crippen LogP contribution < -0.4 is 16.6 Å². The maximum absolute atomic E-state index is 12.7. The highest BCUT2D eigenvalue weighted by Crippen LogP contribution is 2.11. The topological polar surface area (TPSA) is 92.9 Å². The molecule has 0 saturated heterocycles. The zero-order chi connectivity index (χ0) is 13.8. The highest BCUT2D eigenvalue weighted by atomic mass is 19.1. The summed E-state index contributed by atoms with van der Waals surface area (Å²) < 4.78 is 12.7. The standard InChI is InChI=1S/C12H12FN5O/c1-7-4-8(5-11(16-7)18-14)12(19)17-10-3-2-9(13)6-15-10/h2-6H,14H2,1H3,(H,16,18)(H,15,17,19). The summed E-state index contributed by atoms with van der Waals surface area (Å²) in [6, 6.07) is 5.71. The lowest BCUT2D eigenvalue weighted by Gasteiger charge is -2.07. The average Bonchev–Trinajstić information content (AvgIpc) is 2.40. The Morgan fingerprint density at radius 3 is 2.74 bits per heavy atom. The van der Waals surface area contributed by atoms with Crippen molar-refractivity contribution in [2.45, 2.75) is 6.92 Å². The molecule has 0 unspecified atom stereocenters. The lowest BCUT2D eigenvalue weighted by atomic mass is 10.2. The van der Waals surface area contributed by atoms with E-state index in [1.165, 1.54) is 18.2 Å². The number of nitrogen functional groups attached to an aromatic ring is 1. The number of carbonyl (C=O) groups is 1. The number of nitrogens with zero attached hydrogens (tertiary/aromatic N) is 2. The van der Waals surface area contributed by atoms with E-state index in [1.807, 2.05) is 0 Å². The van der Waals surface area contributed by atoms with Crippen LogP contribution in [-0.4, -0.2) is 15.9 Å². The van der Waals surface area contributed by atoms with E-state index in [0.717, 1.165) is 6.20 Å². The minimum absolute atomic E-state index is 0.267. The molecule has 7 heteroatoms. The summed E-state index contributed by atoms with van der Waals surface area (Å²) in [4.78, 5) is 19.8. The van der Waals surface area contributed by atoms with Crippen molar-refractivity contribution in [1.82, 2.24) is 9.97 Å². The van der Waals surface area contributed by atoms with Gasteiger partial charge in [-0.05, 0) is 31.2 Å². The number of pyridine rings is 2. The molecule has 0 radical (unpaired) electrons. The van der Waals surface area contributed by atoms with Crippen molar-refractivity contribution in [2.75, 3.05) is 10.7 Å². The molecule has 0 aliphatic rings. The fraction of sp³-hybridized carbons (Fsp3) is 0.0833. The summed E-state index contributed by atoms with van der Waals surface area (Å²) in [5.74, 6) is 5.07. The molecule has 0 saturated carbocycles. The molecule has 2 aromatic heterocycles. The quantitative estimate of drug-likeness (QED) is 0.574. The number of aromatic nitrogens is 2. The van der Waals surface area contributed by atoms with Crippen molar-refractivity contribution >= 4 is 17.5 Å². The minimum atomic E-state index is -0.465. The molecule has 2 aromatic rings. The number of amides is 1. The van der Waals surface area contributed by atoms with Crippen molar-refractivity contribution in [3.63, 3.8) is 0 Å². The summed E-state index contributed by atoms with van der Waals surface area (Å²) >= 11 is 0. The smallest absolute Gasteiger partial charge is 0.257 e. The van der Waals surface area contributed by atoms with Crippen LogP contribution in [0, 0.1) is 12.7 Å². The Labute approximate surface area is 108 Å². The van der Waals surface area contributed by atoms with Crippen molar-refractivity contribution < 1.29 is 9.18 Å². The lowest BCUT2D eigenvalue weighted by molar-refractivity contribution is 0.102. The number of nitrogens with one attached hydrogen (secondary N) is 2. The molecule has 4 N–H and O–H groups in total. The molecule has 0 aliphatic carbocycles. The van der Waals surface area contributed by atoms with Gasteiger partial charge in [-0.1, -0.05) is 0 Å². The molecule has 1 amide bonds. The summed E-state index contributed by atoms with van der Waals surface area (Å²) in [6.45, 7) is 1.74. The summed E-state index contributed by atoms with van der Waals surface area (Å²) in [5.41, 5.74) is 3.41. The number of rotatable bonds is 3. The fourth-order valence-electron chi connectivity index (χ4n) is 1.51. The molecule has 6 nitrogen and oxygen atoms in total. The largest absolute Gasteiger partial charge is 0.308 e. The maximum atomic E-state index is 12.7. The Balaban J connectivity index is 2.20. The van der Waals surface area contributed by atoms with Crippen LogP contribution in [0.25, 0.3) is 0 Å². The second-order valence-corrected chi connectivity index (χ2v) is 3.84. The van der Waals surface area contributed by atoms with Crippen LogP contribution in [0.1, 0.15) is 16.1 Å². The van der Waals surface area contributed by atoms with Gasteiger partial charge in [0, 0.05) is 11.3 Å². The van der Waals surface area contributed by atoms with Crippen LogP contribution in [0.4, 0.5) is 16.0 Å². The first-order chi connectivity index (χ1) is 9.08. The van der Waals surface area contributed by atoms with Gasteiger partial charge in [0.2, 0.25) is 0 Å². The monoisotopic (exact) mass is 261 g/mol. The Kier molecular flexibility index (Phi) is 3.67. The molecular weight excluding hydrogens is 249 g/mol. The SMILES string of the molecule is Cc1cc(C(=O)Nc2ccc(F)cn2)cc(NN)n1. The van der Waals surface area contributed by atoms with Gasteiger partial charge in [0.25, 0.3) is 5.91 Å². The van der Waals surface area contributed by atoms with E-state index >= 15 is 0 Å². The van der Waals surface area contributed by atoms with Gasteiger partial charge in [0.05, 0.1) is 6.20 Å². The number of halogens is 1. The van der Waals surface area contributed by atoms with E-state index < -0.39 is 5.82 Å². The molecule has 0 fully saturated rings. The number of hydrazine groups is 1. The van der Waals surface area contributed by atoms with E-state index in [1.54, 1.807) is 13.0 Å². The second-order valence-electron chi connectivity index (χ2n) is 3.84. The Morgan fingerprint density at radius 2 is 2.11 bits per heavy atom. The van der Waals surface area contributed by atoms with E-state index in [2.05, 4.69) is 20.7 Å². The van der Waals surface area contributed by atoms with Crippen molar-refractivity contribution in [3.05, 3.63) is 47.5 Å². The molecule has 2 heterocycles. The first-order valence-electron chi connectivity index (χ1n) is 5.46. The van der Waals surface area contributed by atoms with Gasteiger partial charge in [-0.2, -0.15) is 0 Å². The van der Waals surface area contributed by atoms with Crippen molar-refractivity contribution in [2.24, 2.45) is 5.84 Å². The van der Waals surface area contributed by atoms with Crippen LogP contribution in [0.3, 0.4) is 0 Å². The van der Waals surface area contributed by atoms with Crippen LogP contribution in [-0.2, 0) is 0 Å². The highest BCUT2D eigenvalue weighted by molar-refractivity contribution is 6.04. The summed E-state index contributed by atoms with van der Waals surface area (Å²) in [5, 5.41) is 2.55. The number of nitrogens with two attached hydrogens (primary N) is 1. The second kappa shape index (κ2) is 5.40. The minimum Gasteiger partial charge on any atom is -0.308 e. The molecule has 98 valence electrons. The van der Waals surface area contributed by atoms with Crippen molar-refractivity contribution in [1.29, 1.82) is 0 Å². The number of hydrogen-bond donors (Lipinski definition) is 3. The number of hydrogen-bond acceptors (Lipinski definition) is 5. The average molecular weight is 261 g/mol. The summed E-state index contributed by atoms with van der Waals surface area (Å²) in [6.07, 6.45) is 1.03. The van der Waals surface area contributed by atoms with E-state index in [0.29, 0.717) is 17.1 Å². The maximum Gasteiger partial charge on any atom is 0.257 e. The molecule has 0 bridgehead atoms. The predicted molar refractivity (Wildman–Crippen MR) is 68.9 cm³/mol. The summed E-state index contributed by atoms with van der Waals surface area (Å²) in [7, 11) is 0. The van der Waals surface area contributed by atoms with Gasteiger partial charge >= 0.3 is 0 Å². The Morgan fingerprint density at radius 1 is 1.32 bits per heavy atom. The van der Waals surface area contributed by atoms with Gasteiger partial charge in [0.15, 0.2) is 0 Å². The number of aryl methyl sites for hydroxylation is 1. The first-order valence-corrected chi connectivity index (χ1v) is 5.46. The molecule has 0 spiro atoms. The third-order valence-electron chi connectivity index (χ3n) is 2.33. The molecule has 0 aromatic carbocycles. The fourth-order valence-corrected chi connectivity index (χ4v) is 1.51. The van der Waals surface area contributed by atoms with Crippen LogP contribution in [0.5, 0.6) is 0 Å². The van der Waals surface area contributed by atoms with E-state index in [-0.39, 0.29) is 11.7 Å². The molecule has 0 atom stereocenters. The van der Waals surface area contributed by atoms with Crippen LogP contribution in [0.15, 0.2) is 30.5 Å². The van der Waals surface area contributed by atoms with Crippen LogP contribution in [0.2, 0.25) is 0 Å². The van der Waals surface area contributed by atoms with E-state index in [9.17, 15) is 9.18 Å². The van der Waals surface area contributed by atoms with Gasteiger partial charge in [-0.25, -0.2) is 20.2 Å². The molecule has 2 rings (SSSR count). The first kappa shape index (κ1) is 12.9. The van der Waals surface area contributed by atoms with Crippen LogP contribution >= 0.6 is 0 Å². The van der Waals surface area contributed by atoms with Gasteiger partial charge < -0.3 is 10.7 Å². The third-order valence-corrected chi connectivity index (χ3v) is 2.33. The zero-order valence-corrected chi connectivity index (χ0v) is 10.1. The normalized spacial score (nSPS) is 10.1. The Hall–Kier alpha value is -2.54. The molecular formula is C12H12FN5O. The molecule has 19 heavy (non-hydrogen) atoms. The number of anilines is 2. The van der Waals surface area contributed by atoms with Gasteiger partial charge in [0.1, 0.15) is 17.5 Å². The Bertz CT molecular complexity index is 600. The number of carbonyl (C=O) groups excluding carboxylic acids is 1. The molecule has 0 aliphatic heterocycles. The third kappa shape index (κ3) is 3.23.